The third-order valence-corrected chi connectivity index (χ3v) is 5.76. The van der Waals surface area contributed by atoms with Crippen LogP contribution in [0.3, 0.4) is 0 Å². The first-order chi connectivity index (χ1) is 15.2. The van der Waals surface area contributed by atoms with Gasteiger partial charge in [0.15, 0.2) is 11.5 Å². The Morgan fingerprint density at radius 2 is 1.94 bits per heavy atom. The number of aryl methyl sites for hydroxylation is 1. The molecule has 0 aromatic carbocycles. The van der Waals surface area contributed by atoms with Crippen LogP contribution in [0.2, 0.25) is 0 Å². The highest BCUT2D eigenvalue weighted by atomic mass is 19.1. The number of nitrogens with one attached hydrogen (secondary N) is 1. The fourth-order valence-electron chi connectivity index (χ4n) is 4.00. The van der Waals surface area contributed by atoms with Crippen LogP contribution in [0.15, 0.2) is 18.6 Å². The van der Waals surface area contributed by atoms with E-state index < -0.39 is 5.82 Å². The molecule has 1 saturated carbocycles. The van der Waals surface area contributed by atoms with Crippen LogP contribution in [0.5, 0.6) is 6.01 Å². The van der Waals surface area contributed by atoms with E-state index in [9.17, 15) is 4.39 Å². The molecule has 0 atom stereocenters. The van der Waals surface area contributed by atoms with Crippen molar-refractivity contribution >= 4 is 17.4 Å². The molecule has 3 aromatic rings. The van der Waals surface area contributed by atoms with E-state index in [-0.39, 0.29) is 12.1 Å². The van der Waals surface area contributed by atoms with Gasteiger partial charge in [0, 0.05) is 25.2 Å². The van der Waals surface area contributed by atoms with Gasteiger partial charge in [0.2, 0.25) is 5.95 Å². The van der Waals surface area contributed by atoms with Crippen LogP contribution in [0.4, 0.5) is 16.2 Å². The Hall–Kier alpha value is -3.08. The van der Waals surface area contributed by atoms with Gasteiger partial charge in [-0.1, -0.05) is 0 Å². The predicted molar refractivity (Wildman–Crippen MR) is 111 cm³/mol. The molecule has 0 radical (unpaired) electrons. The molecule has 11 heteroatoms. The predicted octanol–water partition coefficient (Wildman–Crippen LogP) is 2.00. The van der Waals surface area contributed by atoms with Gasteiger partial charge < -0.3 is 19.7 Å². The molecule has 4 heterocycles. The van der Waals surface area contributed by atoms with Crippen molar-refractivity contribution in [2.75, 3.05) is 36.5 Å². The maximum atomic E-state index is 13.4. The molecule has 10 nitrogen and oxygen atoms in total. The lowest BCUT2D eigenvalue weighted by atomic mass is 9.93. The SMILES string of the molecule is Cc1nc(N[C@H]2CC[C@@H](Oc3nc(N4CCOCC4)cc4ncnn34)CC2)ncc1F. The average molecular weight is 428 g/mol. The van der Waals surface area contributed by atoms with E-state index in [2.05, 4.69) is 30.3 Å². The van der Waals surface area contributed by atoms with Crippen molar-refractivity contribution in [1.29, 1.82) is 0 Å². The highest BCUT2D eigenvalue weighted by molar-refractivity contribution is 5.52. The molecule has 3 aromatic heterocycles. The number of hydrogen-bond donors (Lipinski definition) is 1. The molecule has 2 fully saturated rings. The minimum Gasteiger partial charge on any atom is -0.460 e. The van der Waals surface area contributed by atoms with E-state index in [0.717, 1.165) is 44.6 Å². The van der Waals surface area contributed by atoms with Gasteiger partial charge in [-0.25, -0.2) is 19.3 Å². The summed E-state index contributed by atoms with van der Waals surface area (Å²) in [6, 6.07) is 2.62. The number of aromatic nitrogens is 6. The van der Waals surface area contributed by atoms with Crippen molar-refractivity contribution in [1.82, 2.24) is 29.5 Å². The molecule has 0 amide bonds. The standard InChI is InChI=1S/C20H25FN8O2/c1-13-16(21)11-22-19(25-13)26-14-2-4-15(5-3-14)31-20-27-18(28-6-8-30-9-7-28)10-17-23-12-24-29(17)20/h10-12,14-15H,2-9H2,1H3,(H,22,25,26)/t14-,15+. The van der Waals surface area contributed by atoms with Crippen LogP contribution in [0.1, 0.15) is 31.4 Å². The number of morpholine rings is 1. The van der Waals surface area contributed by atoms with E-state index in [4.69, 9.17) is 14.5 Å². The lowest BCUT2D eigenvalue weighted by Gasteiger charge is -2.30. The van der Waals surface area contributed by atoms with Crippen molar-refractivity contribution in [3.05, 3.63) is 30.1 Å². The Kier molecular flexibility index (Phi) is 5.49. The average Bonchev–Trinajstić information content (AvgIpc) is 3.27. The first-order valence-electron chi connectivity index (χ1n) is 10.6. The molecule has 164 valence electrons. The lowest BCUT2D eigenvalue weighted by Crippen LogP contribution is -2.37. The normalized spacial score (nSPS) is 21.9. The molecule has 0 unspecified atom stereocenters. The minimum absolute atomic E-state index is 0.0359. The number of nitrogens with zero attached hydrogens (tertiary/aromatic N) is 7. The summed E-state index contributed by atoms with van der Waals surface area (Å²) in [5, 5.41) is 7.58. The van der Waals surface area contributed by atoms with E-state index in [1.807, 2.05) is 6.07 Å². The third-order valence-electron chi connectivity index (χ3n) is 5.76. The maximum Gasteiger partial charge on any atom is 0.321 e. The molecular formula is C20H25FN8O2. The fraction of sp³-hybridized carbons (Fsp3) is 0.550. The van der Waals surface area contributed by atoms with E-state index in [1.165, 1.54) is 12.5 Å². The van der Waals surface area contributed by atoms with Gasteiger partial charge in [-0.2, -0.15) is 14.6 Å². The van der Waals surface area contributed by atoms with Gasteiger partial charge in [0.25, 0.3) is 0 Å². The van der Waals surface area contributed by atoms with E-state index >= 15 is 0 Å². The molecule has 1 aliphatic carbocycles. The van der Waals surface area contributed by atoms with Crippen molar-refractivity contribution in [2.24, 2.45) is 0 Å². The molecule has 31 heavy (non-hydrogen) atoms. The largest absolute Gasteiger partial charge is 0.460 e. The molecule has 0 bridgehead atoms. The van der Waals surface area contributed by atoms with Gasteiger partial charge in [0.05, 0.1) is 25.1 Å². The summed E-state index contributed by atoms with van der Waals surface area (Å²) in [7, 11) is 0. The van der Waals surface area contributed by atoms with Crippen molar-refractivity contribution in [3.63, 3.8) is 0 Å². The number of fused-ring (bicyclic) bond motifs is 1. The topological polar surface area (TPSA) is 103 Å². The highest BCUT2D eigenvalue weighted by Crippen LogP contribution is 2.26. The zero-order chi connectivity index (χ0) is 21.2. The summed E-state index contributed by atoms with van der Waals surface area (Å²) in [6.45, 7) is 4.58. The minimum atomic E-state index is -0.395. The Bertz CT molecular complexity index is 1050. The third kappa shape index (κ3) is 4.36. The van der Waals surface area contributed by atoms with Crippen LogP contribution in [-0.2, 0) is 4.74 Å². The molecule has 1 aliphatic heterocycles. The summed E-state index contributed by atoms with van der Waals surface area (Å²) in [5.74, 6) is 0.902. The Morgan fingerprint density at radius 3 is 2.71 bits per heavy atom. The van der Waals surface area contributed by atoms with Crippen molar-refractivity contribution < 1.29 is 13.9 Å². The Balaban J connectivity index is 1.24. The first kappa shape index (κ1) is 19.9. The fourth-order valence-corrected chi connectivity index (χ4v) is 4.00. The number of hydrogen-bond acceptors (Lipinski definition) is 9. The van der Waals surface area contributed by atoms with Crippen LogP contribution in [0, 0.1) is 12.7 Å². The summed E-state index contributed by atoms with van der Waals surface area (Å²) < 4.78 is 26.7. The van der Waals surface area contributed by atoms with E-state index in [1.54, 1.807) is 11.4 Å². The quantitative estimate of drug-likeness (QED) is 0.653. The zero-order valence-corrected chi connectivity index (χ0v) is 17.4. The molecule has 5 rings (SSSR count). The molecule has 2 aliphatic rings. The number of halogens is 1. The van der Waals surface area contributed by atoms with Crippen LogP contribution in [0.25, 0.3) is 5.65 Å². The zero-order valence-electron chi connectivity index (χ0n) is 17.4. The smallest absolute Gasteiger partial charge is 0.321 e. The second kappa shape index (κ2) is 8.58. The number of anilines is 2. The molecule has 1 saturated heterocycles. The first-order valence-corrected chi connectivity index (χ1v) is 10.6. The van der Waals surface area contributed by atoms with Gasteiger partial charge in [-0.05, 0) is 32.6 Å². The van der Waals surface area contributed by atoms with Gasteiger partial charge in [-0.3, -0.25) is 0 Å². The summed E-state index contributed by atoms with van der Waals surface area (Å²) >= 11 is 0. The molecule has 1 N–H and O–H groups in total. The number of ether oxygens (including phenoxy) is 2. The summed E-state index contributed by atoms with van der Waals surface area (Å²) in [4.78, 5) is 19.4. The Morgan fingerprint density at radius 1 is 1.13 bits per heavy atom. The molecule has 0 spiro atoms. The van der Waals surface area contributed by atoms with Crippen LogP contribution < -0.4 is 15.0 Å². The van der Waals surface area contributed by atoms with Crippen molar-refractivity contribution in [3.8, 4) is 6.01 Å². The lowest BCUT2D eigenvalue weighted by molar-refractivity contribution is 0.121. The maximum absolute atomic E-state index is 13.4. The summed E-state index contributed by atoms with van der Waals surface area (Å²) in [5.41, 5.74) is 1.06. The van der Waals surface area contributed by atoms with Gasteiger partial charge in [-0.15, -0.1) is 0 Å². The molecular weight excluding hydrogens is 403 g/mol. The number of rotatable bonds is 5. The van der Waals surface area contributed by atoms with Crippen LogP contribution in [-0.4, -0.2) is 68.0 Å². The Labute approximate surface area is 178 Å². The second-order valence-electron chi connectivity index (χ2n) is 7.89. The van der Waals surface area contributed by atoms with Crippen LogP contribution >= 0.6 is 0 Å². The van der Waals surface area contributed by atoms with Gasteiger partial charge in [0.1, 0.15) is 18.2 Å². The highest BCUT2D eigenvalue weighted by Gasteiger charge is 2.25. The van der Waals surface area contributed by atoms with Gasteiger partial charge >= 0.3 is 6.01 Å². The second-order valence-corrected chi connectivity index (χ2v) is 7.89. The van der Waals surface area contributed by atoms with Crippen molar-refractivity contribution in [2.45, 2.75) is 44.8 Å². The summed E-state index contributed by atoms with van der Waals surface area (Å²) in [6.07, 6.45) is 6.26. The monoisotopic (exact) mass is 428 g/mol. The van der Waals surface area contributed by atoms with E-state index in [0.29, 0.717) is 36.5 Å².